The molecule has 0 spiro atoms. The predicted octanol–water partition coefficient (Wildman–Crippen LogP) is 4.65. The van der Waals surface area contributed by atoms with Crippen molar-refractivity contribution in [2.45, 2.75) is 20.3 Å². The van der Waals surface area contributed by atoms with E-state index in [0.29, 0.717) is 12.2 Å². The Bertz CT molecular complexity index is 825. The Balaban J connectivity index is 1.71. The van der Waals surface area contributed by atoms with Gasteiger partial charge in [0.05, 0.1) is 21.8 Å². The van der Waals surface area contributed by atoms with E-state index >= 15 is 0 Å². The molecular formula is C18H18N2O2S. The molecule has 118 valence electrons. The zero-order valence-electron chi connectivity index (χ0n) is 13.1. The maximum atomic E-state index is 12.3. The van der Waals surface area contributed by atoms with Gasteiger partial charge in [0.1, 0.15) is 5.75 Å². The Morgan fingerprint density at radius 1 is 1.22 bits per heavy atom. The molecule has 23 heavy (non-hydrogen) atoms. The molecule has 1 N–H and O–H groups in total. The van der Waals surface area contributed by atoms with E-state index in [1.54, 1.807) is 23.5 Å². The van der Waals surface area contributed by atoms with Gasteiger partial charge in [-0.05, 0) is 55.8 Å². The minimum absolute atomic E-state index is 0.132. The first-order valence-corrected chi connectivity index (χ1v) is 8.39. The number of nitrogens with one attached hydrogen (secondary N) is 1. The Morgan fingerprint density at radius 3 is 2.74 bits per heavy atom. The number of thiazole rings is 1. The molecule has 1 aromatic heterocycles. The summed E-state index contributed by atoms with van der Waals surface area (Å²) < 4.78 is 6.59. The molecular weight excluding hydrogens is 308 g/mol. The van der Waals surface area contributed by atoms with Gasteiger partial charge in [0.15, 0.2) is 0 Å². The number of aromatic nitrogens is 1. The molecule has 3 rings (SSSR count). The van der Waals surface area contributed by atoms with E-state index in [1.807, 2.05) is 37.3 Å². The molecule has 0 radical (unpaired) electrons. The molecule has 1 heterocycles. The van der Waals surface area contributed by atoms with Crippen molar-refractivity contribution in [1.82, 2.24) is 4.98 Å². The third-order valence-corrected chi connectivity index (χ3v) is 4.28. The fourth-order valence-electron chi connectivity index (χ4n) is 2.24. The number of nitrogens with zero attached hydrogens (tertiary/aromatic N) is 1. The second kappa shape index (κ2) is 6.79. The number of hydrogen-bond donors (Lipinski definition) is 1. The molecule has 0 aliphatic rings. The standard InChI is InChI=1S/C18H18N2O2S/c1-3-10-22-15-7-4-13(5-8-15)18(21)20-14-6-9-16-17(11-14)23-12(2)19-16/h4-9,11H,3,10H2,1-2H3,(H,20,21). The Labute approximate surface area is 139 Å². The molecule has 5 heteroatoms. The summed E-state index contributed by atoms with van der Waals surface area (Å²) in [5.74, 6) is 0.651. The summed E-state index contributed by atoms with van der Waals surface area (Å²) in [5.41, 5.74) is 2.34. The molecule has 0 fully saturated rings. The number of carbonyl (C=O) groups excluding carboxylic acids is 1. The van der Waals surface area contributed by atoms with Gasteiger partial charge in [0.25, 0.3) is 5.91 Å². The van der Waals surface area contributed by atoms with Crippen molar-refractivity contribution < 1.29 is 9.53 Å². The Morgan fingerprint density at radius 2 is 2.00 bits per heavy atom. The Kier molecular flexibility index (Phi) is 4.57. The van der Waals surface area contributed by atoms with Crippen LogP contribution in [0.3, 0.4) is 0 Å². The summed E-state index contributed by atoms with van der Waals surface area (Å²) in [6, 6.07) is 12.9. The SMILES string of the molecule is CCCOc1ccc(C(=O)Nc2ccc3nc(C)sc3c2)cc1. The van der Waals surface area contributed by atoms with Crippen LogP contribution in [0.5, 0.6) is 5.75 Å². The number of carbonyl (C=O) groups is 1. The average Bonchev–Trinajstić information content (AvgIpc) is 2.92. The van der Waals surface area contributed by atoms with Gasteiger partial charge >= 0.3 is 0 Å². The van der Waals surface area contributed by atoms with Crippen LogP contribution in [0.1, 0.15) is 28.7 Å². The van der Waals surface area contributed by atoms with E-state index in [9.17, 15) is 4.79 Å². The topological polar surface area (TPSA) is 51.2 Å². The number of anilines is 1. The maximum Gasteiger partial charge on any atom is 0.255 e. The van der Waals surface area contributed by atoms with E-state index in [1.165, 1.54) is 0 Å². The van der Waals surface area contributed by atoms with Crippen LogP contribution in [0, 0.1) is 6.92 Å². The molecule has 0 saturated carbocycles. The number of aryl methyl sites for hydroxylation is 1. The van der Waals surface area contributed by atoms with Crippen LogP contribution >= 0.6 is 11.3 Å². The van der Waals surface area contributed by atoms with Crippen molar-refractivity contribution in [1.29, 1.82) is 0 Å². The lowest BCUT2D eigenvalue weighted by Crippen LogP contribution is -2.11. The predicted molar refractivity (Wildman–Crippen MR) is 94.5 cm³/mol. The lowest BCUT2D eigenvalue weighted by atomic mass is 10.2. The smallest absolute Gasteiger partial charge is 0.255 e. The van der Waals surface area contributed by atoms with E-state index in [4.69, 9.17) is 4.74 Å². The van der Waals surface area contributed by atoms with Crippen LogP contribution in [0.25, 0.3) is 10.2 Å². The molecule has 0 aliphatic carbocycles. The summed E-state index contributed by atoms with van der Waals surface area (Å²) in [6.45, 7) is 4.72. The van der Waals surface area contributed by atoms with Crippen LogP contribution in [0.4, 0.5) is 5.69 Å². The third kappa shape index (κ3) is 3.68. The quantitative estimate of drug-likeness (QED) is 0.743. The number of ether oxygens (including phenoxy) is 1. The van der Waals surface area contributed by atoms with Crippen molar-refractivity contribution in [2.75, 3.05) is 11.9 Å². The molecule has 0 bridgehead atoms. The summed E-state index contributed by atoms with van der Waals surface area (Å²) in [4.78, 5) is 16.7. The zero-order chi connectivity index (χ0) is 16.2. The van der Waals surface area contributed by atoms with Crippen LogP contribution in [0.2, 0.25) is 0 Å². The highest BCUT2D eigenvalue weighted by Gasteiger charge is 2.08. The van der Waals surface area contributed by atoms with Gasteiger partial charge < -0.3 is 10.1 Å². The molecule has 0 aliphatic heterocycles. The number of benzene rings is 2. The van der Waals surface area contributed by atoms with E-state index in [0.717, 1.165) is 33.1 Å². The summed E-state index contributed by atoms with van der Waals surface area (Å²) in [7, 11) is 0. The van der Waals surface area contributed by atoms with Crippen LogP contribution in [0.15, 0.2) is 42.5 Å². The molecule has 0 unspecified atom stereocenters. The third-order valence-electron chi connectivity index (χ3n) is 3.34. The second-order valence-electron chi connectivity index (χ2n) is 5.24. The van der Waals surface area contributed by atoms with Crippen LogP contribution in [-0.4, -0.2) is 17.5 Å². The normalized spacial score (nSPS) is 10.7. The summed E-state index contributed by atoms with van der Waals surface area (Å²) in [6.07, 6.45) is 0.960. The van der Waals surface area contributed by atoms with Crippen LogP contribution in [-0.2, 0) is 0 Å². The summed E-state index contributed by atoms with van der Waals surface area (Å²) in [5, 5.41) is 3.94. The van der Waals surface area contributed by atoms with Crippen LogP contribution < -0.4 is 10.1 Å². The fourth-order valence-corrected chi connectivity index (χ4v) is 3.11. The monoisotopic (exact) mass is 326 g/mol. The van der Waals surface area contributed by atoms with Crippen molar-refractivity contribution >= 4 is 33.1 Å². The summed E-state index contributed by atoms with van der Waals surface area (Å²) >= 11 is 1.62. The number of hydrogen-bond acceptors (Lipinski definition) is 4. The van der Waals surface area contributed by atoms with Gasteiger partial charge in [-0.3, -0.25) is 4.79 Å². The van der Waals surface area contributed by atoms with Crippen molar-refractivity contribution in [3.05, 3.63) is 53.0 Å². The number of rotatable bonds is 5. The average molecular weight is 326 g/mol. The highest BCUT2D eigenvalue weighted by atomic mass is 32.1. The van der Waals surface area contributed by atoms with E-state index in [2.05, 4.69) is 17.2 Å². The molecule has 4 nitrogen and oxygen atoms in total. The van der Waals surface area contributed by atoms with Gasteiger partial charge in [0.2, 0.25) is 0 Å². The lowest BCUT2D eigenvalue weighted by molar-refractivity contribution is 0.102. The molecule has 1 amide bonds. The van der Waals surface area contributed by atoms with Gasteiger partial charge in [-0.1, -0.05) is 6.92 Å². The lowest BCUT2D eigenvalue weighted by Gasteiger charge is -2.07. The second-order valence-corrected chi connectivity index (χ2v) is 6.48. The minimum Gasteiger partial charge on any atom is -0.494 e. The molecule has 2 aromatic carbocycles. The van der Waals surface area contributed by atoms with Gasteiger partial charge in [-0.2, -0.15) is 0 Å². The van der Waals surface area contributed by atoms with Gasteiger partial charge in [-0.15, -0.1) is 11.3 Å². The van der Waals surface area contributed by atoms with Gasteiger partial charge in [0, 0.05) is 11.3 Å². The van der Waals surface area contributed by atoms with Crippen molar-refractivity contribution in [3.8, 4) is 5.75 Å². The highest BCUT2D eigenvalue weighted by Crippen LogP contribution is 2.25. The first-order chi connectivity index (χ1) is 11.2. The van der Waals surface area contributed by atoms with E-state index in [-0.39, 0.29) is 5.91 Å². The Hall–Kier alpha value is -2.40. The first kappa shape index (κ1) is 15.5. The highest BCUT2D eigenvalue weighted by molar-refractivity contribution is 7.18. The number of fused-ring (bicyclic) bond motifs is 1. The number of amides is 1. The molecule has 0 atom stereocenters. The maximum absolute atomic E-state index is 12.3. The molecule has 3 aromatic rings. The van der Waals surface area contributed by atoms with E-state index < -0.39 is 0 Å². The minimum atomic E-state index is -0.132. The van der Waals surface area contributed by atoms with Crippen molar-refractivity contribution in [3.63, 3.8) is 0 Å². The molecule has 0 saturated heterocycles. The first-order valence-electron chi connectivity index (χ1n) is 7.57. The van der Waals surface area contributed by atoms with Crippen molar-refractivity contribution in [2.24, 2.45) is 0 Å². The zero-order valence-corrected chi connectivity index (χ0v) is 13.9. The largest absolute Gasteiger partial charge is 0.494 e. The van der Waals surface area contributed by atoms with Gasteiger partial charge in [-0.25, -0.2) is 4.98 Å². The fraction of sp³-hybridized carbons (Fsp3) is 0.222.